The van der Waals surface area contributed by atoms with Gasteiger partial charge in [0.05, 0.1) is 22.4 Å². The Balaban J connectivity index is 1.28. The lowest BCUT2D eigenvalue weighted by Crippen LogP contribution is -2.34. The zero-order valence-corrected chi connectivity index (χ0v) is 24.2. The molecule has 1 saturated heterocycles. The summed E-state index contributed by atoms with van der Waals surface area (Å²) in [5, 5.41) is 16.1. The van der Waals surface area contributed by atoms with Crippen molar-refractivity contribution in [1.82, 2.24) is 10.3 Å². The van der Waals surface area contributed by atoms with E-state index in [4.69, 9.17) is 11.6 Å². The Morgan fingerprint density at radius 1 is 1.12 bits per heavy atom. The molecule has 1 aliphatic carbocycles. The second-order valence-electron chi connectivity index (χ2n) is 10.6. The Kier molecular flexibility index (Phi) is 9.32. The molecule has 0 bridgehead atoms. The molecular formula is C30H30ClF3N4O3S. The van der Waals surface area contributed by atoms with E-state index in [1.165, 1.54) is 17.4 Å². The number of alkyl halides is 3. The van der Waals surface area contributed by atoms with Crippen molar-refractivity contribution >= 4 is 46.0 Å². The second-order valence-corrected chi connectivity index (χ2v) is 12.1. The molecule has 42 heavy (non-hydrogen) atoms. The van der Waals surface area contributed by atoms with Crippen molar-refractivity contribution < 1.29 is 27.9 Å². The van der Waals surface area contributed by atoms with Crippen LogP contribution < -0.4 is 10.7 Å². The summed E-state index contributed by atoms with van der Waals surface area (Å²) in [4.78, 5) is 29.8. The first-order chi connectivity index (χ1) is 20.1. The Morgan fingerprint density at radius 2 is 1.90 bits per heavy atom. The van der Waals surface area contributed by atoms with Crippen LogP contribution in [0.3, 0.4) is 0 Å². The Bertz CT molecular complexity index is 1500. The molecule has 5 rings (SSSR count). The van der Waals surface area contributed by atoms with E-state index >= 15 is 0 Å². The highest BCUT2D eigenvalue weighted by molar-refractivity contribution is 7.17. The number of hydrogen-bond donors (Lipinski definition) is 3. The predicted molar refractivity (Wildman–Crippen MR) is 157 cm³/mol. The molecule has 2 aromatic carbocycles. The lowest BCUT2D eigenvalue weighted by molar-refractivity contribution is -0.137. The summed E-state index contributed by atoms with van der Waals surface area (Å²) in [5.41, 5.74) is 4.19. The van der Waals surface area contributed by atoms with Gasteiger partial charge in [0.15, 0.2) is 0 Å². The molecule has 1 aromatic heterocycles. The lowest BCUT2D eigenvalue weighted by atomic mass is 9.97. The van der Waals surface area contributed by atoms with E-state index in [-0.39, 0.29) is 18.1 Å². The van der Waals surface area contributed by atoms with Crippen LogP contribution in [0.15, 0.2) is 47.6 Å². The third-order valence-corrected chi connectivity index (χ3v) is 9.15. The molecule has 3 aromatic rings. The van der Waals surface area contributed by atoms with Gasteiger partial charge < -0.3 is 10.4 Å². The van der Waals surface area contributed by atoms with Gasteiger partial charge in [-0.05, 0) is 92.1 Å². The van der Waals surface area contributed by atoms with Gasteiger partial charge in [0, 0.05) is 23.6 Å². The van der Waals surface area contributed by atoms with Gasteiger partial charge in [0.25, 0.3) is 11.8 Å². The number of aryl methyl sites for hydroxylation is 1. The molecule has 1 aliphatic heterocycles. The van der Waals surface area contributed by atoms with Gasteiger partial charge in [0.2, 0.25) is 0 Å². The number of piperidine rings is 1. The smallest absolute Gasteiger partial charge is 0.396 e. The van der Waals surface area contributed by atoms with Gasteiger partial charge in [0.1, 0.15) is 5.00 Å². The quantitative estimate of drug-likeness (QED) is 0.209. The fraction of sp³-hybridized carbons (Fsp3) is 0.367. The number of amides is 2. The molecule has 0 unspecified atom stereocenters. The minimum atomic E-state index is -4.62. The topological polar surface area (TPSA) is 94.0 Å². The van der Waals surface area contributed by atoms with Crippen LogP contribution in [-0.4, -0.2) is 47.7 Å². The highest BCUT2D eigenvalue weighted by Gasteiger charge is 2.33. The number of fused-ring (bicyclic) bond motifs is 1. The number of aliphatic hydroxyl groups is 1. The number of halogens is 4. The van der Waals surface area contributed by atoms with Crippen molar-refractivity contribution in [2.24, 2.45) is 11.0 Å². The first kappa shape index (κ1) is 30.2. The standard InChI is InChI=1S/C30H30ClF3N4O3S/c31-24-8-7-19(14-23(24)30(32,33)34)15-35-37-28(41)26-22-5-2-6-25(22)42-29(26)36-27(40)21-4-1-3-20(13-21)16-38-11-9-18(17-39)10-12-38/h1,3-4,7-8,13-15,18,39H,2,5-6,9-12,16-17H2,(H,36,40)(H,37,41)/b35-15+. The number of hydrogen-bond acceptors (Lipinski definition) is 6. The molecule has 2 aliphatic rings. The number of thiophene rings is 1. The van der Waals surface area contributed by atoms with E-state index < -0.39 is 22.7 Å². The first-order valence-electron chi connectivity index (χ1n) is 13.7. The number of nitrogens with zero attached hydrogens (tertiary/aromatic N) is 2. The Hall–Kier alpha value is -3.25. The number of hydrazone groups is 1. The average molecular weight is 619 g/mol. The summed E-state index contributed by atoms with van der Waals surface area (Å²) >= 11 is 7.03. The minimum absolute atomic E-state index is 0.119. The molecule has 3 N–H and O–H groups in total. The summed E-state index contributed by atoms with van der Waals surface area (Å²) in [6.45, 7) is 2.71. The third-order valence-electron chi connectivity index (χ3n) is 7.61. The van der Waals surface area contributed by atoms with Gasteiger partial charge in [-0.3, -0.25) is 14.5 Å². The fourth-order valence-corrected chi connectivity index (χ4v) is 6.87. The molecule has 222 valence electrons. The number of nitrogens with one attached hydrogen (secondary N) is 2. The van der Waals surface area contributed by atoms with Gasteiger partial charge >= 0.3 is 6.18 Å². The van der Waals surface area contributed by atoms with Crippen molar-refractivity contribution in [2.45, 2.75) is 44.8 Å². The van der Waals surface area contributed by atoms with E-state index in [0.29, 0.717) is 35.0 Å². The Labute approximate surface area is 250 Å². The van der Waals surface area contributed by atoms with Gasteiger partial charge in [-0.2, -0.15) is 18.3 Å². The van der Waals surface area contributed by atoms with E-state index in [2.05, 4.69) is 20.7 Å². The van der Waals surface area contributed by atoms with Crippen molar-refractivity contribution in [1.29, 1.82) is 0 Å². The lowest BCUT2D eigenvalue weighted by Gasteiger charge is -2.31. The zero-order chi connectivity index (χ0) is 29.9. The summed E-state index contributed by atoms with van der Waals surface area (Å²) in [7, 11) is 0. The maximum Gasteiger partial charge on any atom is 0.417 e. The second kappa shape index (κ2) is 12.9. The van der Waals surface area contributed by atoms with Crippen molar-refractivity contribution in [3.63, 3.8) is 0 Å². The van der Waals surface area contributed by atoms with Crippen LogP contribution >= 0.6 is 22.9 Å². The van der Waals surface area contributed by atoms with Crippen LogP contribution in [-0.2, 0) is 25.6 Å². The Morgan fingerprint density at radius 3 is 2.64 bits per heavy atom. The fourth-order valence-electron chi connectivity index (χ4n) is 5.37. The first-order valence-corrected chi connectivity index (χ1v) is 14.9. The minimum Gasteiger partial charge on any atom is -0.396 e. The molecule has 0 saturated carbocycles. The molecule has 0 radical (unpaired) electrons. The number of rotatable bonds is 8. The molecule has 7 nitrogen and oxygen atoms in total. The van der Waals surface area contributed by atoms with Gasteiger partial charge in [-0.15, -0.1) is 11.3 Å². The number of anilines is 1. The molecular weight excluding hydrogens is 589 g/mol. The molecule has 0 atom stereocenters. The highest BCUT2D eigenvalue weighted by atomic mass is 35.5. The van der Waals surface area contributed by atoms with Crippen molar-refractivity contribution in [2.75, 3.05) is 25.0 Å². The maximum absolute atomic E-state index is 13.3. The third kappa shape index (κ3) is 7.03. The zero-order valence-electron chi connectivity index (χ0n) is 22.6. The average Bonchev–Trinajstić information content (AvgIpc) is 3.55. The highest BCUT2D eigenvalue weighted by Crippen LogP contribution is 2.39. The van der Waals surface area contributed by atoms with E-state index in [1.54, 1.807) is 6.07 Å². The summed E-state index contributed by atoms with van der Waals surface area (Å²) < 4.78 is 39.5. The number of benzene rings is 2. The van der Waals surface area contributed by atoms with Crippen molar-refractivity contribution in [3.05, 3.63) is 85.7 Å². The van der Waals surface area contributed by atoms with Gasteiger partial charge in [-0.1, -0.05) is 29.8 Å². The monoisotopic (exact) mass is 618 g/mol. The van der Waals surface area contributed by atoms with Crippen LogP contribution in [0.25, 0.3) is 0 Å². The van der Waals surface area contributed by atoms with Crippen LogP contribution in [0.1, 0.15) is 67.1 Å². The largest absolute Gasteiger partial charge is 0.417 e. The number of carbonyl (C=O) groups is 2. The van der Waals surface area contributed by atoms with E-state index in [9.17, 15) is 27.9 Å². The number of aliphatic hydroxyl groups excluding tert-OH is 1. The van der Waals surface area contributed by atoms with Crippen LogP contribution in [0.2, 0.25) is 5.02 Å². The molecule has 2 amide bonds. The van der Waals surface area contributed by atoms with Crippen LogP contribution in [0.4, 0.5) is 18.2 Å². The number of carbonyl (C=O) groups excluding carboxylic acids is 2. The van der Waals surface area contributed by atoms with E-state index in [0.717, 1.165) is 73.1 Å². The maximum atomic E-state index is 13.3. The normalized spacial score (nSPS) is 16.1. The van der Waals surface area contributed by atoms with E-state index in [1.807, 2.05) is 18.2 Å². The summed E-state index contributed by atoms with van der Waals surface area (Å²) in [6, 6.07) is 10.7. The summed E-state index contributed by atoms with van der Waals surface area (Å²) in [5.74, 6) is -0.539. The van der Waals surface area contributed by atoms with Gasteiger partial charge in [-0.25, -0.2) is 5.43 Å². The predicted octanol–water partition coefficient (Wildman–Crippen LogP) is 6.13. The molecule has 0 spiro atoms. The van der Waals surface area contributed by atoms with Crippen LogP contribution in [0.5, 0.6) is 0 Å². The SMILES string of the molecule is O=C(Nc1sc2c(c1C(=O)N/N=C/c1ccc(Cl)c(C(F)(F)F)c1)CCC2)c1cccc(CN2CCC(CO)CC2)c1. The molecule has 2 heterocycles. The molecule has 1 fully saturated rings. The summed E-state index contributed by atoms with van der Waals surface area (Å²) in [6.07, 6.45) is 0.765. The molecule has 12 heteroatoms. The number of likely N-dealkylation sites (tertiary alicyclic amines) is 1. The van der Waals surface area contributed by atoms with Crippen molar-refractivity contribution in [3.8, 4) is 0 Å². The van der Waals surface area contributed by atoms with Crippen LogP contribution in [0, 0.1) is 5.92 Å².